The quantitative estimate of drug-likeness (QED) is 0.237. The summed E-state index contributed by atoms with van der Waals surface area (Å²) < 4.78 is 10.4. The van der Waals surface area contributed by atoms with Crippen LogP contribution in [-0.4, -0.2) is 24.9 Å². The van der Waals surface area contributed by atoms with Gasteiger partial charge in [-0.1, -0.05) is 19.2 Å². The lowest BCUT2D eigenvalue weighted by atomic mass is 10.3. The van der Waals surface area contributed by atoms with Crippen LogP contribution in [0, 0.1) is 0 Å². The summed E-state index contributed by atoms with van der Waals surface area (Å²) in [5.74, 6) is 0.573. The topological polar surface area (TPSA) is 30.5 Å². The summed E-state index contributed by atoms with van der Waals surface area (Å²) in [7, 11) is 0. The summed E-state index contributed by atoms with van der Waals surface area (Å²) in [5, 5.41) is 3.19. The number of thiocarbonyl (C=S) groups is 1. The molecule has 0 rings (SSSR count). The summed E-state index contributed by atoms with van der Waals surface area (Å²) in [6.07, 6.45) is 1.70. The Morgan fingerprint density at radius 1 is 1.33 bits per heavy atom. The van der Waals surface area contributed by atoms with Gasteiger partial charge in [0.25, 0.3) is 5.17 Å². The SMILES string of the molecule is C=CCNC(=S)OCCOC(=C)C(=C)C. The average Bonchev–Trinajstić information content (AvgIpc) is 2.20. The third-order valence-corrected chi connectivity index (χ3v) is 1.72. The molecule has 0 radical (unpaired) electrons. The van der Waals surface area contributed by atoms with Crippen molar-refractivity contribution in [2.75, 3.05) is 19.8 Å². The number of allylic oxidation sites excluding steroid dienone is 1. The molecule has 0 amide bonds. The van der Waals surface area contributed by atoms with E-state index in [2.05, 4.69) is 25.1 Å². The minimum atomic E-state index is 0.347. The fourth-order valence-electron chi connectivity index (χ4n) is 0.629. The molecule has 0 saturated carbocycles. The van der Waals surface area contributed by atoms with Crippen LogP contribution < -0.4 is 5.32 Å². The second-order valence-electron chi connectivity index (χ2n) is 2.86. The van der Waals surface area contributed by atoms with Gasteiger partial charge in [0.2, 0.25) is 0 Å². The molecule has 0 atom stereocenters. The van der Waals surface area contributed by atoms with Crippen LogP contribution in [-0.2, 0) is 9.47 Å². The Balaban J connectivity index is 3.46. The van der Waals surface area contributed by atoms with Crippen LogP contribution in [0.4, 0.5) is 0 Å². The van der Waals surface area contributed by atoms with Gasteiger partial charge in [-0.2, -0.15) is 0 Å². The number of rotatable bonds is 7. The Labute approximate surface area is 96.5 Å². The lowest BCUT2D eigenvalue weighted by molar-refractivity contribution is 0.155. The van der Waals surface area contributed by atoms with Gasteiger partial charge in [-0.3, -0.25) is 0 Å². The maximum Gasteiger partial charge on any atom is 0.256 e. The van der Waals surface area contributed by atoms with Crippen LogP contribution in [0.25, 0.3) is 0 Å². The Bertz CT molecular complexity index is 261. The summed E-state index contributed by atoms with van der Waals surface area (Å²) in [5.41, 5.74) is 0.808. The highest BCUT2D eigenvalue weighted by Crippen LogP contribution is 2.04. The van der Waals surface area contributed by atoms with Crippen LogP contribution in [0.15, 0.2) is 37.1 Å². The van der Waals surface area contributed by atoms with Crippen molar-refractivity contribution >= 4 is 17.4 Å². The minimum Gasteiger partial charge on any atom is -0.490 e. The smallest absolute Gasteiger partial charge is 0.256 e. The highest BCUT2D eigenvalue weighted by Gasteiger charge is 1.97. The normalized spacial score (nSPS) is 8.87. The van der Waals surface area contributed by atoms with E-state index in [1.807, 2.05) is 6.92 Å². The van der Waals surface area contributed by atoms with Crippen molar-refractivity contribution in [2.24, 2.45) is 0 Å². The van der Waals surface area contributed by atoms with Crippen molar-refractivity contribution in [3.05, 3.63) is 37.1 Å². The molecular formula is C11H17NO2S. The number of ether oxygens (including phenoxy) is 2. The van der Waals surface area contributed by atoms with Gasteiger partial charge in [-0.15, -0.1) is 6.58 Å². The lowest BCUT2D eigenvalue weighted by Crippen LogP contribution is -2.25. The molecule has 3 nitrogen and oxygen atoms in total. The van der Waals surface area contributed by atoms with Gasteiger partial charge in [0.05, 0.1) is 0 Å². The van der Waals surface area contributed by atoms with E-state index in [9.17, 15) is 0 Å². The summed E-state index contributed by atoms with van der Waals surface area (Å²) in [6.45, 7) is 14.1. The van der Waals surface area contributed by atoms with Gasteiger partial charge in [0.15, 0.2) is 0 Å². The maximum absolute atomic E-state index is 5.23. The molecule has 0 heterocycles. The van der Waals surface area contributed by atoms with Crippen molar-refractivity contribution in [1.29, 1.82) is 0 Å². The monoisotopic (exact) mass is 227 g/mol. The molecule has 0 aliphatic heterocycles. The first-order valence-electron chi connectivity index (χ1n) is 4.57. The van der Waals surface area contributed by atoms with E-state index in [0.717, 1.165) is 5.57 Å². The average molecular weight is 227 g/mol. The second kappa shape index (κ2) is 8.05. The molecule has 0 bridgehead atoms. The molecule has 0 aromatic carbocycles. The van der Waals surface area contributed by atoms with Crippen molar-refractivity contribution in [1.82, 2.24) is 5.32 Å². The van der Waals surface area contributed by atoms with Gasteiger partial charge < -0.3 is 14.8 Å². The zero-order valence-corrected chi connectivity index (χ0v) is 9.86. The molecule has 0 fully saturated rings. The fourth-order valence-corrected chi connectivity index (χ4v) is 0.796. The first kappa shape index (κ1) is 13.7. The molecule has 0 aliphatic rings. The van der Waals surface area contributed by atoms with Crippen LogP contribution >= 0.6 is 12.2 Å². The molecule has 0 aromatic rings. The first-order valence-corrected chi connectivity index (χ1v) is 4.98. The number of nitrogens with one attached hydrogen (secondary N) is 1. The van der Waals surface area contributed by atoms with E-state index in [1.165, 1.54) is 0 Å². The van der Waals surface area contributed by atoms with Crippen LogP contribution in [0.5, 0.6) is 0 Å². The van der Waals surface area contributed by atoms with Gasteiger partial charge in [-0.05, 0) is 24.7 Å². The molecule has 1 N–H and O–H groups in total. The van der Waals surface area contributed by atoms with Gasteiger partial charge in [-0.25, -0.2) is 0 Å². The van der Waals surface area contributed by atoms with E-state index in [4.69, 9.17) is 21.7 Å². The van der Waals surface area contributed by atoms with Gasteiger partial charge in [0, 0.05) is 6.54 Å². The van der Waals surface area contributed by atoms with Gasteiger partial charge >= 0.3 is 0 Å². The summed E-state index contributed by atoms with van der Waals surface area (Å²) >= 11 is 4.87. The first-order chi connectivity index (χ1) is 7.07. The molecule has 0 aromatic heterocycles. The molecular weight excluding hydrogens is 210 g/mol. The molecule has 0 saturated heterocycles. The summed E-state index contributed by atoms with van der Waals surface area (Å²) in [6, 6.07) is 0. The van der Waals surface area contributed by atoms with Crippen LogP contribution in [0.2, 0.25) is 0 Å². The minimum absolute atomic E-state index is 0.347. The molecule has 0 aliphatic carbocycles. The molecule has 0 unspecified atom stereocenters. The third kappa shape index (κ3) is 7.76. The zero-order chi connectivity index (χ0) is 11.7. The van der Waals surface area contributed by atoms with E-state index >= 15 is 0 Å². The van der Waals surface area contributed by atoms with E-state index in [-0.39, 0.29) is 0 Å². The van der Waals surface area contributed by atoms with Crippen molar-refractivity contribution in [3.8, 4) is 0 Å². The van der Waals surface area contributed by atoms with Crippen molar-refractivity contribution in [3.63, 3.8) is 0 Å². The van der Waals surface area contributed by atoms with Gasteiger partial charge in [0.1, 0.15) is 19.0 Å². The second-order valence-corrected chi connectivity index (χ2v) is 3.23. The van der Waals surface area contributed by atoms with E-state index in [0.29, 0.717) is 30.7 Å². The standard InChI is InChI=1S/C11H17NO2S/c1-5-6-12-11(15)14-8-7-13-10(4)9(2)3/h5H,1-2,4,6-8H2,3H3,(H,12,15). The fraction of sp³-hybridized carbons (Fsp3) is 0.364. The zero-order valence-electron chi connectivity index (χ0n) is 9.04. The van der Waals surface area contributed by atoms with Crippen LogP contribution in [0.1, 0.15) is 6.92 Å². The molecule has 84 valence electrons. The highest BCUT2D eigenvalue weighted by atomic mass is 32.1. The number of hydrogen-bond donors (Lipinski definition) is 1. The van der Waals surface area contributed by atoms with E-state index in [1.54, 1.807) is 6.08 Å². The molecule has 0 spiro atoms. The largest absolute Gasteiger partial charge is 0.490 e. The highest BCUT2D eigenvalue weighted by molar-refractivity contribution is 7.80. The van der Waals surface area contributed by atoms with Crippen molar-refractivity contribution < 1.29 is 9.47 Å². The van der Waals surface area contributed by atoms with E-state index < -0.39 is 0 Å². The summed E-state index contributed by atoms with van der Waals surface area (Å²) in [4.78, 5) is 0. The molecule has 4 heteroatoms. The Morgan fingerprint density at radius 3 is 2.47 bits per heavy atom. The number of hydrogen-bond acceptors (Lipinski definition) is 3. The lowest BCUT2D eigenvalue weighted by Gasteiger charge is -2.10. The maximum atomic E-state index is 5.23. The van der Waals surface area contributed by atoms with Crippen molar-refractivity contribution in [2.45, 2.75) is 6.92 Å². The predicted molar refractivity (Wildman–Crippen MR) is 66.7 cm³/mol. The predicted octanol–water partition coefficient (Wildman–Crippen LogP) is 2.17. The Kier molecular flexibility index (Phi) is 7.36. The molecule has 15 heavy (non-hydrogen) atoms. The van der Waals surface area contributed by atoms with Crippen LogP contribution in [0.3, 0.4) is 0 Å². The Morgan fingerprint density at radius 2 is 1.93 bits per heavy atom. The Hall–Kier alpha value is -1.29. The third-order valence-electron chi connectivity index (χ3n) is 1.46.